The normalized spacial score (nSPS) is 36.1. The summed E-state index contributed by atoms with van der Waals surface area (Å²) in [5.41, 5.74) is -0.260. The maximum atomic E-state index is 9.41. The lowest BCUT2D eigenvalue weighted by atomic mass is 9.80. The fraction of sp³-hybridized carbons (Fsp3) is 0.923. The van der Waals surface area contributed by atoms with Crippen LogP contribution in [-0.4, -0.2) is 24.8 Å². The third-order valence-electron chi connectivity index (χ3n) is 4.17. The van der Waals surface area contributed by atoms with E-state index in [-0.39, 0.29) is 5.54 Å². The molecule has 0 saturated heterocycles. The first-order valence-electron chi connectivity index (χ1n) is 6.50. The van der Waals surface area contributed by atoms with Crippen LogP contribution in [0.2, 0.25) is 0 Å². The molecule has 2 aliphatic rings. The molecule has 0 amide bonds. The van der Waals surface area contributed by atoms with Crippen molar-refractivity contribution in [1.29, 1.82) is 5.26 Å². The van der Waals surface area contributed by atoms with Gasteiger partial charge in [0.1, 0.15) is 5.54 Å². The Morgan fingerprint density at radius 1 is 1.19 bits per heavy atom. The minimum Gasteiger partial charge on any atom is -0.381 e. The zero-order chi connectivity index (χ0) is 11.4. The van der Waals surface area contributed by atoms with Gasteiger partial charge >= 0.3 is 0 Å². The molecule has 2 saturated carbocycles. The maximum Gasteiger partial charge on any atom is 0.107 e. The summed E-state index contributed by atoms with van der Waals surface area (Å²) in [6, 6.07) is 3.10. The average Bonchev–Trinajstić information content (AvgIpc) is 2.83. The Morgan fingerprint density at radius 2 is 1.81 bits per heavy atom. The van der Waals surface area contributed by atoms with Gasteiger partial charge in [-0.3, -0.25) is 5.32 Å². The summed E-state index contributed by atoms with van der Waals surface area (Å²) < 4.78 is 5.36. The molecular weight excluding hydrogens is 200 g/mol. The van der Waals surface area contributed by atoms with Gasteiger partial charge in [-0.2, -0.15) is 5.26 Å². The number of hydrogen-bond donors (Lipinski definition) is 1. The summed E-state index contributed by atoms with van der Waals surface area (Å²) in [6.07, 6.45) is 9.42. The molecule has 1 N–H and O–H groups in total. The van der Waals surface area contributed by atoms with Crippen molar-refractivity contribution in [3.05, 3.63) is 0 Å². The van der Waals surface area contributed by atoms with E-state index >= 15 is 0 Å². The molecule has 2 aliphatic carbocycles. The van der Waals surface area contributed by atoms with Crippen LogP contribution in [0.3, 0.4) is 0 Å². The average molecular weight is 222 g/mol. The Bertz CT molecular complexity index is 258. The van der Waals surface area contributed by atoms with Crippen molar-refractivity contribution in [3.63, 3.8) is 0 Å². The highest BCUT2D eigenvalue weighted by Crippen LogP contribution is 2.31. The van der Waals surface area contributed by atoms with Gasteiger partial charge in [0, 0.05) is 13.2 Å². The highest BCUT2D eigenvalue weighted by atomic mass is 16.5. The highest BCUT2D eigenvalue weighted by Gasteiger charge is 2.37. The Labute approximate surface area is 98.2 Å². The van der Waals surface area contributed by atoms with Crippen molar-refractivity contribution < 1.29 is 4.74 Å². The monoisotopic (exact) mass is 222 g/mol. The lowest BCUT2D eigenvalue weighted by Gasteiger charge is -2.37. The summed E-state index contributed by atoms with van der Waals surface area (Å²) in [4.78, 5) is 0. The molecular formula is C13H22N2O. The fourth-order valence-electron chi connectivity index (χ4n) is 3.07. The van der Waals surface area contributed by atoms with Gasteiger partial charge in [-0.05, 0) is 38.5 Å². The molecule has 3 nitrogen and oxygen atoms in total. The molecule has 0 atom stereocenters. The number of hydrogen-bond acceptors (Lipinski definition) is 3. The third kappa shape index (κ3) is 2.56. The van der Waals surface area contributed by atoms with Crippen LogP contribution in [0.25, 0.3) is 0 Å². The molecule has 0 aromatic carbocycles. The van der Waals surface area contributed by atoms with Crippen molar-refractivity contribution >= 4 is 0 Å². The topological polar surface area (TPSA) is 45.0 Å². The van der Waals surface area contributed by atoms with Crippen molar-refractivity contribution in [2.45, 2.75) is 69.1 Å². The molecule has 0 aliphatic heterocycles. The molecule has 2 rings (SSSR count). The van der Waals surface area contributed by atoms with Crippen LogP contribution in [0.5, 0.6) is 0 Å². The molecule has 3 heteroatoms. The Morgan fingerprint density at radius 3 is 2.31 bits per heavy atom. The van der Waals surface area contributed by atoms with Crippen molar-refractivity contribution in [1.82, 2.24) is 5.32 Å². The second kappa shape index (κ2) is 5.16. The summed E-state index contributed by atoms with van der Waals surface area (Å²) in [5, 5.41) is 13.0. The van der Waals surface area contributed by atoms with Gasteiger partial charge in [0.2, 0.25) is 0 Å². The van der Waals surface area contributed by atoms with Crippen LogP contribution in [0.1, 0.15) is 51.4 Å². The minimum absolute atomic E-state index is 0.260. The van der Waals surface area contributed by atoms with Crippen LogP contribution in [-0.2, 0) is 4.74 Å². The van der Waals surface area contributed by atoms with Gasteiger partial charge in [-0.25, -0.2) is 0 Å². The molecule has 0 unspecified atom stereocenters. The highest BCUT2D eigenvalue weighted by molar-refractivity contribution is 5.10. The number of nitriles is 1. The number of rotatable bonds is 3. The standard InChI is InChI=1S/C13H22N2O/c1-16-12-6-8-13(10-14,9-7-12)15-11-4-2-3-5-11/h11-12,15H,2-9H2,1H3. The molecule has 0 radical (unpaired) electrons. The molecule has 0 heterocycles. The van der Waals surface area contributed by atoms with Crippen LogP contribution in [0.15, 0.2) is 0 Å². The minimum atomic E-state index is -0.260. The predicted octanol–water partition coefficient (Wildman–Crippen LogP) is 2.37. The molecule has 0 bridgehead atoms. The van der Waals surface area contributed by atoms with Gasteiger partial charge in [0.15, 0.2) is 0 Å². The second-order valence-electron chi connectivity index (χ2n) is 5.25. The number of ether oxygens (including phenoxy) is 1. The Hall–Kier alpha value is -0.590. The quantitative estimate of drug-likeness (QED) is 0.797. The fourth-order valence-corrected chi connectivity index (χ4v) is 3.07. The number of methoxy groups -OCH3 is 1. The summed E-state index contributed by atoms with van der Waals surface area (Å²) in [6.45, 7) is 0. The van der Waals surface area contributed by atoms with E-state index < -0.39 is 0 Å². The third-order valence-corrected chi connectivity index (χ3v) is 4.17. The van der Waals surface area contributed by atoms with E-state index in [0.29, 0.717) is 12.1 Å². The molecule has 90 valence electrons. The van der Waals surface area contributed by atoms with E-state index in [1.54, 1.807) is 7.11 Å². The van der Waals surface area contributed by atoms with E-state index in [2.05, 4.69) is 11.4 Å². The number of nitrogens with one attached hydrogen (secondary N) is 1. The lowest BCUT2D eigenvalue weighted by Crippen LogP contribution is -2.51. The Balaban J connectivity index is 1.90. The van der Waals surface area contributed by atoms with Crippen LogP contribution < -0.4 is 5.32 Å². The zero-order valence-electron chi connectivity index (χ0n) is 10.2. The van der Waals surface area contributed by atoms with E-state index in [4.69, 9.17) is 4.74 Å². The first-order chi connectivity index (χ1) is 7.78. The first-order valence-corrected chi connectivity index (χ1v) is 6.50. The van der Waals surface area contributed by atoms with E-state index in [0.717, 1.165) is 25.7 Å². The van der Waals surface area contributed by atoms with E-state index in [9.17, 15) is 5.26 Å². The molecule has 16 heavy (non-hydrogen) atoms. The summed E-state index contributed by atoms with van der Waals surface area (Å²) >= 11 is 0. The largest absolute Gasteiger partial charge is 0.381 e. The summed E-state index contributed by atoms with van der Waals surface area (Å²) in [5.74, 6) is 0. The van der Waals surface area contributed by atoms with E-state index in [1.165, 1.54) is 25.7 Å². The van der Waals surface area contributed by atoms with Gasteiger partial charge in [-0.1, -0.05) is 12.8 Å². The van der Waals surface area contributed by atoms with Crippen LogP contribution in [0.4, 0.5) is 0 Å². The van der Waals surface area contributed by atoms with Crippen molar-refractivity contribution in [3.8, 4) is 6.07 Å². The smallest absolute Gasteiger partial charge is 0.107 e. The van der Waals surface area contributed by atoms with E-state index in [1.807, 2.05) is 0 Å². The lowest BCUT2D eigenvalue weighted by molar-refractivity contribution is 0.0503. The predicted molar refractivity (Wildman–Crippen MR) is 63.0 cm³/mol. The molecule has 0 spiro atoms. The van der Waals surface area contributed by atoms with Crippen molar-refractivity contribution in [2.75, 3.05) is 7.11 Å². The van der Waals surface area contributed by atoms with Crippen LogP contribution in [0, 0.1) is 11.3 Å². The zero-order valence-corrected chi connectivity index (χ0v) is 10.2. The van der Waals surface area contributed by atoms with Gasteiger partial charge in [-0.15, -0.1) is 0 Å². The first kappa shape index (κ1) is 11.9. The number of nitrogens with zero attached hydrogens (tertiary/aromatic N) is 1. The van der Waals surface area contributed by atoms with Gasteiger partial charge < -0.3 is 4.74 Å². The molecule has 2 fully saturated rings. The SMILES string of the molecule is COC1CCC(C#N)(NC2CCCC2)CC1. The van der Waals surface area contributed by atoms with Crippen LogP contribution >= 0.6 is 0 Å². The van der Waals surface area contributed by atoms with Gasteiger partial charge in [0.05, 0.1) is 12.2 Å². The molecule has 0 aromatic heterocycles. The Kier molecular flexibility index (Phi) is 3.83. The van der Waals surface area contributed by atoms with Gasteiger partial charge in [0.25, 0.3) is 0 Å². The molecule has 0 aromatic rings. The van der Waals surface area contributed by atoms with Crippen molar-refractivity contribution in [2.24, 2.45) is 0 Å². The second-order valence-corrected chi connectivity index (χ2v) is 5.25. The summed E-state index contributed by atoms with van der Waals surface area (Å²) in [7, 11) is 1.77. The maximum absolute atomic E-state index is 9.41.